The Morgan fingerprint density at radius 1 is 1.19 bits per heavy atom. The van der Waals surface area contributed by atoms with Crippen LogP contribution in [-0.4, -0.2) is 62.3 Å². The van der Waals surface area contributed by atoms with Crippen molar-refractivity contribution in [2.75, 3.05) is 51.9 Å². The van der Waals surface area contributed by atoms with E-state index in [2.05, 4.69) is 17.3 Å². The van der Waals surface area contributed by atoms with Crippen LogP contribution in [0.5, 0.6) is 11.5 Å². The Labute approximate surface area is 124 Å². The predicted molar refractivity (Wildman–Crippen MR) is 79.7 cm³/mol. The van der Waals surface area contributed by atoms with Crippen molar-refractivity contribution in [3.63, 3.8) is 0 Å². The topological polar surface area (TPSA) is 54.0 Å². The molecule has 6 nitrogen and oxygen atoms in total. The van der Waals surface area contributed by atoms with Crippen molar-refractivity contribution in [1.82, 2.24) is 9.80 Å². The lowest BCUT2D eigenvalue weighted by atomic mass is 10.2. The average molecular weight is 291 g/mol. The molecule has 0 radical (unpaired) electrons. The summed E-state index contributed by atoms with van der Waals surface area (Å²) in [4.78, 5) is 16.3. The Hall–Kier alpha value is -1.95. The maximum absolute atomic E-state index is 12.1. The van der Waals surface area contributed by atoms with E-state index in [1.54, 1.807) is 0 Å². The van der Waals surface area contributed by atoms with Gasteiger partial charge < -0.3 is 24.6 Å². The Kier molecular flexibility index (Phi) is 4.15. The van der Waals surface area contributed by atoms with E-state index in [-0.39, 0.29) is 12.7 Å². The third kappa shape index (κ3) is 3.39. The van der Waals surface area contributed by atoms with Gasteiger partial charge in [-0.2, -0.15) is 0 Å². The zero-order chi connectivity index (χ0) is 14.7. The molecule has 21 heavy (non-hydrogen) atoms. The molecule has 0 saturated carbocycles. The van der Waals surface area contributed by atoms with Crippen molar-refractivity contribution >= 4 is 11.6 Å². The molecule has 3 rings (SSSR count). The minimum absolute atomic E-state index is 0.219. The van der Waals surface area contributed by atoms with E-state index in [4.69, 9.17) is 9.47 Å². The van der Waals surface area contributed by atoms with Crippen molar-refractivity contribution < 1.29 is 14.3 Å². The molecular weight excluding hydrogens is 270 g/mol. The highest BCUT2D eigenvalue weighted by Crippen LogP contribution is 2.34. The number of rotatable bonds is 4. The second-order valence-corrected chi connectivity index (χ2v) is 5.43. The van der Waals surface area contributed by atoms with Gasteiger partial charge in [-0.15, -0.1) is 0 Å². The van der Waals surface area contributed by atoms with Gasteiger partial charge in [-0.3, -0.25) is 4.79 Å². The fourth-order valence-electron chi connectivity index (χ4n) is 2.53. The Bertz CT molecular complexity index is 513. The fraction of sp³-hybridized carbons (Fsp3) is 0.533. The van der Waals surface area contributed by atoms with Gasteiger partial charge >= 0.3 is 0 Å². The minimum atomic E-state index is 0.219. The molecule has 1 aromatic rings. The van der Waals surface area contributed by atoms with E-state index < -0.39 is 0 Å². The molecule has 1 amide bonds. The van der Waals surface area contributed by atoms with E-state index in [9.17, 15) is 4.79 Å². The standard InChI is InChI=1S/C15H21N3O3/c1-17-6-8-18(9-7-17)15(19)4-5-16-12-2-3-13-14(10-12)21-11-20-13/h2-3,10,16H,4-9,11H2,1H3. The largest absolute Gasteiger partial charge is 0.454 e. The Morgan fingerprint density at radius 2 is 1.95 bits per heavy atom. The third-order valence-electron chi connectivity index (χ3n) is 3.90. The van der Waals surface area contributed by atoms with Crippen molar-refractivity contribution in [3.05, 3.63) is 18.2 Å². The number of piperazine rings is 1. The van der Waals surface area contributed by atoms with Crippen molar-refractivity contribution in [1.29, 1.82) is 0 Å². The van der Waals surface area contributed by atoms with Gasteiger partial charge in [-0.25, -0.2) is 0 Å². The molecule has 1 saturated heterocycles. The molecular formula is C15H21N3O3. The van der Waals surface area contributed by atoms with Crippen LogP contribution in [0.1, 0.15) is 6.42 Å². The summed E-state index contributed by atoms with van der Waals surface area (Å²) >= 11 is 0. The lowest BCUT2D eigenvalue weighted by Gasteiger charge is -2.32. The summed E-state index contributed by atoms with van der Waals surface area (Å²) in [5.41, 5.74) is 0.949. The van der Waals surface area contributed by atoms with Crippen LogP contribution in [0.25, 0.3) is 0 Å². The molecule has 2 aliphatic heterocycles. The first kappa shape index (κ1) is 14.0. The van der Waals surface area contributed by atoms with Gasteiger partial charge in [0, 0.05) is 50.9 Å². The third-order valence-corrected chi connectivity index (χ3v) is 3.90. The van der Waals surface area contributed by atoms with E-state index in [1.165, 1.54) is 0 Å². The highest BCUT2D eigenvalue weighted by molar-refractivity contribution is 5.77. The van der Waals surface area contributed by atoms with Gasteiger partial charge in [-0.05, 0) is 19.2 Å². The van der Waals surface area contributed by atoms with Crippen LogP contribution in [0.4, 0.5) is 5.69 Å². The first-order valence-corrected chi connectivity index (χ1v) is 7.32. The average Bonchev–Trinajstić information content (AvgIpc) is 2.95. The fourth-order valence-corrected chi connectivity index (χ4v) is 2.53. The number of carbonyl (C=O) groups is 1. The van der Waals surface area contributed by atoms with Crippen LogP contribution in [0, 0.1) is 0 Å². The Morgan fingerprint density at radius 3 is 2.76 bits per heavy atom. The SMILES string of the molecule is CN1CCN(C(=O)CCNc2ccc3c(c2)OCO3)CC1. The number of carbonyl (C=O) groups excluding carboxylic acids is 1. The number of likely N-dealkylation sites (N-methyl/N-ethyl adjacent to an activating group) is 1. The minimum Gasteiger partial charge on any atom is -0.454 e. The summed E-state index contributed by atoms with van der Waals surface area (Å²) in [6.45, 7) is 4.49. The number of amides is 1. The molecule has 0 bridgehead atoms. The van der Waals surface area contributed by atoms with Crippen LogP contribution in [0.3, 0.4) is 0 Å². The second-order valence-electron chi connectivity index (χ2n) is 5.43. The van der Waals surface area contributed by atoms with Gasteiger partial charge in [0.1, 0.15) is 0 Å². The van der Waals surface area contributed by atoms with Crippen LogP contribution >= 0.6 is 0 Å². The van der Waals surface area contributed by atoms with Crippen LogP contribution < -0.4 is 14.8 Å². The van der Waals surface area contributed by atoms with E-state index in [0.717, 1.165) is 43.4 Å². The van der Waals surface area contributed by atoms with Crippen molar-refractivity contribution in [2.45, 2.75) is 6.42 Å². The summed E-state index contributed by atoms with van der Waals surface area (Å²) in [6, 6.07) is 5.73. The van der Waals surface area contributed by atoms with Crippen LogP contribution in [-0.2, 0) is 4.79 Å². The second kappa shape index (κ2) is 6.22. The lowest BCUT2D eigenvalue weighted by Crippen LogP contribution is -2.47. The Balaban J connectivity index is 1.44. The quantitative estimate of drug-likeness (QED) is 0.896. The summed E-state index contributed by atoms with van der Waals surface area (Å²) in [7, 11) is 2.09. The van der Waals surface area contributed by atoms with Crippen molar-refractivity contribution in [3.8, 4) is 11.5 Å². The van der Waals surface area contributed by atoms with Gasteiger partial charge in [0.15, 0.2) is 11.5 Å². The molecule has 1 fully saturated rings. The molecule has 1 aromatic carbocycles. The first-order valence-electron chi connectivity index (χ1n) is 7.32. The maximum Gasteiger partial charge on any atom is 0.231 e. The van der Waals surface area contributed by atoms with E-state index >= 15 is 0 Å². The maximum atomic E-state index is 12.1. The molecule has 0 atom stereocenters. The van der Waals surface area contributed by atoms with Crippen LogP contribution in [0.15, 0.2) is 18.2 Å². The van der Waals surface area contributed by atoms with E-state index in [0.29, 0.717) is 13.0 Å². The lowest BCUT2D eigenvalue weighted by molar-refractivity contribution is -0.132. The molecule has 2 heterocycles. The molecule has 114 valence electrons. The van der Waals surface area contributed by atoms with Gasteiger partial charge in [0.2, 0.25) is 12.7 Å². The number of ether oxygens (including phenoxy) is 2. The van der Waals surface area contributed by atoms with Gasteiger partial charge in [-0.1, -0.05) is 0 Å². The van der Waals surface area contributed by atoms with Crippen LogP contribution in [0.2, 0.25) is 0 Å². The number of anilines is 1. The highest BCUT2D eigenvalue weighted by atomic mass is 16.7. The molecule has 1 N–H and O–H groups in total. The number of nitrogens with one attached hydrogen (secondary N) is 1. The number of hydrogen-bond donors (Lipinski definition) is 1. The smallest absolute Gasteiger partial charge is 0.231 e. The number of fused-ring (bicyclic) bond motifs is 1. The molecule has 0 spiro atoms. The number of benzene rings is 1. The van der Waals surface area contributed by atoms with E-state index in [1.807, 2.05) is 23.1 Å². The predicted octanol–water partition coefficient (Wildman–Crippen LogP) is 0.991. The molecule has 0 unspecified atom stereocenters. The summed E-state index contributed by atoms with van der Waals surface area (Å²) in [5, 5.41) is 3.26. The summed E-state index contributed by atoms with van der Waals surface area (Å²) in [6.07, 6.45) is 0.512. The van der Waals surface area contributed by atoms with Gasteiger partial charge in [0.25, 0.3) is 0 Å². The van der Waals surface area contributed by atoms with Gasteiger partial charge in [0.05, 0.1) is 0 Å². The monoisotopic (exact) mass is 291 g/mol. The van der Waals surface area contributed by atoms with Crippen molar-refractivity contribution in [2.24, 2.45) is 0 Å². The first-order chi connectivity index (χ1) is 10.2. The normalized spacial score (nSPS) is 17.9. The summed E-state index contributed by atoms with van der Waals surface area (Å²) < 4.78 is 10.6. The molecule has 6 heteroatoms. The zero-order valence-electron chi connectivity index (χ0n) is 12.3. The molecule has 0 aliphatic carbocycles. The molecule has 2 aliphatic rings. The number of nitrogens with zero attached hydrogens (tertiary/aromatic N) is 2. The number of hydrogen-bond acceptors (Lipinski definition) is 5. The molecule has 0 aromatic heterocycles. The highest BCUT2D eigenvalue weighted by Gasteiger charge is 2.18. The zero-order valence-corrected chi connectivity index (χ0v) is 12.3. The summed E-state index contributed by atoms with van der Waals surface area (Å²) in [5.74, 6) is 1.75.